The molecule has 10 heavy (non-hydrogen) atoms. The van der Waals surface area contributed by atoms with Gasteiger partial charge in [-0.3, -0.25) is 9.69 Å². The Balaban J connectivity index is 2.11. The fraction of sp³-hybridized carbons (Fsp3) is 0.857. The molecule has 0 radical (unpaired) electrons. The van der Waals surface area contributed by atoms with Crippen LogP contribution < -0.4 is 0 Å². The lowest BCUT2D eigenvalue weighted by atomic mass is 10.4. The highest BCUT2D eigenvalue weighted by Crippen LogP contribution is 2.26. The SMILES string of the molecule is CC1C(C)N1CCC(=O)O. The van der Waals surface area contributed by atoms with Crippen molar-refractivity contribution in [1.29, 1.82) is 0 Å². The van der Waals surface area contributed by atoms with E-state index in [1.807, 2.05) is 0 Å². The van der Waals surface area contributed by atoms with Gasteiger partial charge in [0.05, 0.1) is 6.42 Å². The highest BCUT2D eigenvalue weighted by molar-refractivity contribution is 5.66. The fourth-order valence-electron chi connectivity index (χ4n) is 1.21. The summed E-state index contributed by atoms with van der Waals surface area (Å²) < 4.78 is 0. The lowest BCUT2D eigenvalue weighted by Gasteiger charge is -1.96. The number of rotatable bonds is 3. The minimum atomic E-state index is -0.702. The molecule has 1 saturated heterocycles. The van der Waals surface area contributed by atoms with Crippen molar-refractivity contribution in [3.05, 3.63) is 0 Å². The summed E-state index contributed by atoms with van der Waals surface area (Å²) in [6.45, 7) is 4.94. The summed E-state index contributed by atoms with van der Waals surface area (Å²) in [4.78, 5) is 12.3. The number of nitrogens with zero attached hydrogens (tertiary/aromatic N) is 1. The lowest BCUT2D eigenvalue weighted by Crippen LogP contribution is -2.08. The minimum absolute atomic E-state index is 0.272. The Bertz CT molecular complexity index is 139. The number of hydrogen-bond acceptors (Lipinski definition) is 2. The van der Waals surface area contributed by atoms with E-state index in [4.69, 9.17) is 5.11 Å². The first-order chi connectivity index (χ1) is 4.63. The van der Waals surface area contributed by atoms with Crippen molar-refractivity contribution < 1.29 is 9.90 Å². The van der Waals surface area contributed by atoms with Gasteiger partial charge < -0.3 is 5.11 Å². The molecule has 0 spiro atoms. The molecular weight excluding hydrogens is 130 g/mol. The van der Waals surface area contributed by atoms with Crippen LogP contribution in [0, 0.1) is 0 Å². The topological polar surface area (TPSA) is 40.3 Å². The Morgan fingerprint density at radius 1 is 1.50 bits per heavy atom. The van der Waals surface area contributed by atoms with Crippen molar-refractivity contribution in [1.82, 2.24) is 4.90 Å². The number of carbonyl (C=O) groups is 1. The van der Waals surface area contributed by atoms with E-state index in [0.29, 0.717) is 18.6 Å². The zero-order chi connectivity index (χ0) is 7.72. The standard InChI is InChI=1S/C7H13NO2/c1-5-6(2)8(5)4-3-7(9)10/h5-6H,3-4H2,1-2H3,(H,9,10). The molecule has 3 heteroatoms. The Morgan fingerprint density at radius 3 is 2.30 bits per heavy atom. The van der Waals surface area contributed by atoms with Gasteiger partial charge in [0, 0.05) is 18.6 Å². The quantitative estimate of drug-likeness (QED) is 0.586. The molecular formula is C7H13NO2. The van der Waals surface area contributed by atoms with Gasteiger partial charge in [0.15, 0.2) is 0 Å². The maximum atomic E-state index is 10.1. The second kappa shape index (κ2) is 2.58. The van der Waals surface area contributed by atoms with E-state index >= 15 is 0 Å². The molecule has 0 bridgehead atoms. The molecule has 1 heterocycles. The van der Waals surface area contributed by atoms with E-state index in [-0.39, 0.29) is 6.42 Å². The second-order valence-electron chi connectivity index (χ2n) is 2.86. The van der Waals surface area contributed by atoms with Crippen molar-refractivity contribution in [2.45, 2.75) is 32.4 Å². The van der Waals surface area contributed by atoms with Gasteiger partial charge in [-0.2, -0.15) is 0 Å². The zero-order valence-electron chi connectivity index (χ0n) is 6.37. The fourth-order valence-corrected chi connectivity index (χ4v) is 1.21. The van der Waals surface area contributed by atoms with Gasteiger partial charge >= 0.3 is 5.97 Å². The van der Waals surface area contributed by atoms with Crippen molar-refractivity contribution >= 4 is 5.97 Å². The van der Waals surface area contributed by atoms with Crippen molar-refractivity contribution in [3.8, 4) is 0 Å². The molecule has 3 nitrogen and oxygen atoms in total. The summed E-state index contributed by atoms with van der Waals surface area (Å²) in [6, 6.07) is 1.19. The normalized spacial score (nSPS) is 37.6. The smallest absolute Gasteiger partial charge is 0.304 e. The monoisotopic (exact) mass is 143 g/mol. The third kappa shape index (κ3) is 1.48. The molecule has 0 aromatic rings. The van der Waals surface area contributed by atoms with Crippen LogP contribution in [0.1, 0.15) is 20.3 Å². The molecule has 1 aliphatic rings. The van der Waals surface area contributed by atoms with E-state index in [9.17, 15) is 4.79 Å². The first kappa shape index (κ1) is 7.54. The molecule has 2 atom stereocenters. The maximum Gasteiger partial charge on any atom is 0.304 e. The molecule has 0 aromatic carbocycles. The molecule has 1 aliphatic heterocycles. The molecule has 2 unspecified atom stereocenters. The number of hydrogen-bond donors (Lipinski definition) is 1. The number of carboxylic acid groups (broad SMARTS) is 1. The van der Waals surface area contributed by atoms with Gasteiger partial charge in [-0.05, 0) is 13.8 Å². The van der Waals surface area contributed by atoms with Crippen molar-refractivity contribution in [2.75, 3.05) is 6.54 Å². The maximum absolute atomic E-state index is 10.1. The lowest BCUT2D eigenvalue weighted by molar-refractivity contribution is -0.137. The highest BCUT2D eigenvalue weighted by atomic mass is 16.4. The van der Waals surface area contributed by atoms with Crippen LogP contribution in [0.4, 0.5) is 0 Å². The third-order valence-corrected chi connectivity index (χ3v) is 2.24. The highest BCUT2D eigenvalue weighted by Gasteiger charge is 2.38. The van der Waals surface area contributed by atoms with Crippen LogP contribution in [0.3, 0.4) is 0 Å². The number of aliphatic carboxylic acids is 1. The number of carboxylic acids is 1. The van der Waals surface area contributed by atoms with Crippen LogP contribution >= 0.6 is 0 Å². The molecule has 58 valence electrons. The van der Waals surface area contributed by atoms with Crippen LogP contribution in [-0.2, 0) is 4.79 Å². The molecule has 1 rings (SSSR count). The zero-order valence-corrected chi connectivity index (χ0v) is 6.37. The van der Waals surface area contributed by atoms with Crippen molar-refractivity contribution in [2.24, 2.45) is 0 Å². The Hall–Kier alpha value is -0.570. The van der Waals surface area contributed by atoms with Gasteiger partial charge in [0.25, 0.3) is 0 Å². The van der Waals surface area contributed by atoms with E-state index in [2.05, 4.69) is 18.7 Å². The first-order valence-corrected chi connectivity index (χ1v) is 3.60. The summed E-state index contributed by atoms with van der Waals surface area (Å²) >= 11 is 0. The van der Waals surface area contributed by atoms with Crippen LogP contribution in [0.2, 0.25) is 0 Å². The van der Waals surface area contributed by atoms with Gasteiger partial charge in [-0.1, -0.05) is 0 Å². The Labute approximate surface area is 60.6 Å². The summed E-state index contributed by atoms with van der Waals surface area (Å²) in [6.07, 6.45) is 0.272. The van der Waals surface area contributed by atoms with E-state index in [0.717, 1.165) is 0 Å². The molecule has 0 aliphatic carbocycles. The van der Waals surface area contributed by atoms with Crippen LogP contribution in [0.5, 0.6) is 0 Å². The predicted molar refractivity (Wildman–Crippen MR) is 37.9 cm³/mol. The molecule has 0 aromatic heterocycles. The minimum Gasteiger partial charge on any atom is -0.481 e. The summed E-state index contributed by atoms with van der Waals surface area (Å²) in [7, 11) is 0. The summed E-state index contributed by atoms with van der Waals surface area (Å²) in [5.41, 5.74) is 0. The van der Waals surface area contributed by atoms with Gasteiger partial charge in [-0.25, -0.2) is 0 Å². The average molecular weight is 143 g/mol. The van der Waals surface area contributed by atoms with Gasteiger partial charge in [0.2, 0.25) is 0 Å². The Morgan fingerprint density at radius 2 is 2.00 bits per heavy atom. The van der Waals surface area contributed by atoms with E-state index < -0.39 is 5.97 Å². The van der Waals surface area contributed by atoms with E-state index in [1.54, 1.807) is 0 Å². The summed E-state index contributed by atoms with van der Waals surface area (Å²) in [5.74, 6) is -0.702. The van der Waals surface area contributed by atoms with Gasteiger partial charge in [0.1, 0.15) is 0 Å². The van der Waals surface area contributed by atoms with Crippen molar-refractivity contribution in [3.63, 3.8) is 0 Å². The first-order valence-electron chi connectivity index (χ1n) is 3.60. The molecule has 1 N–H and O–H groups in total. The average Bonchev–Trinajstić information content (AvgIpc) is 2.38. The largest absolute Gasteiger partial charge is 0.481 e. The van der Waals surface area contributed by atoms with Crippen LogP contribution in [0.25, 0.3) is 0 Å². The van der Waals surface area contributed by atoms with Gasteiger partial charge in [-0.15, -0.1) is 0 Å². The molecule has 0 amide bonds. The molecule has 0 saturated carbocycles. The van der Waals surface area contributed by atoms with Crippen LogP contribution in [0.15, 0.2) is 0 Å². The predicted octanol–water partition coefficient (Wildman–Crippen LogP) is 0.554. The Kier molecular flexibility index (Phi) is 1.94. The third-order valence-electron chi connectivity index (χ3n) is 2.24. The second-order valence-corrected chi connectivity index (χ2v) is 2.86. The van der Waals surface area contributed by atoms with E-state index in [1.165, 1.54) is 0 Å². The molecule has 1 fully saturated rings. The summed E-state index contributed by atoms with van der Waals surface area (Å²) in [5, 5.41) is 8.34. The van der Waals surface area contributed by atoms with Crippen LogP contribution in [-0.4, -0.2) is 34.6 Å².